The maximum Gasteiger partial charge on any atom is 0.260 e. The quantitative estimate of drug-likeness (QED) is 0.654. The molecule has 3 rings (SSSR count). The standard InChI is InChI=1S/C16H18N4O/c1-19-10-11-20(15-9-5-4-8-14(15)19)16(21)12-6-2-3-7-13(12)18-17/h2-9,18H,10-11,17H2,1H3. The Bertz CT molecular complexity index is 671. The molecule has 0 aliphatic carbocycles. The van der Waals surface area contributed by atoms with E-state index in [0.29, 0.717) is 17.8 Å². The molecule has 1 aliphatic heterocycles. The molecule has 2 aromatic rings. The molecule has 3 N–H and O–H groups in total. The number of fused-ring (bicyclic) bond motifs is 1. The summed E-state index contributed by atoms with van der Waals surface area (Å²) >= 11 is 0. The second-order valence-corrected chi connectivity index (χ2v) is 5.06. The van der Waals surface area contributed by atoms with E-state index in [9.17, 15) is 4.79 Å². The van der Waals surface area contributed by atoms with Crippen molar-refractivity contribution in [1.29, 1.82) is 0 Å². The fourth-order valence-electron chi connectivity index (χ4n) is 2.66. The molecule has 1 aliphatic rings. The molecule has 21 heavy (non-hydrogen) atoms. The van der Waals surface area contributed by atoms with Crippen molar-refractivity contribution in [3.05, 3.63) is 54.1 Å². The molecule has 0 fully saturated rings. The molecule has 0 bridgehead atoms. The SMILES string of the molecule is CN1CCN(C(=O)c2ccccc2NN)c2ccccc21. The first-order chi connectivity index (χ1) is 10.2. The van der Waals surface area contributed by atoms with Gasteiger partial charge in [0, 0.05) is 20.1 Å². The molecule has 0 aromatic heterocycles. The molecule has 0 saturated carbocycles. The number of nitrogens with two attached hydrogens (primary N) is 1. The summed E-state index contributed by atoms with van der Waals surface area (Å²) in [5, 5.41) is 0. The number of hydrogen-bond acceptors (Lipinski definition) is 4. The molecule has 5 nitrogen and oxygen atoms in total. The van der Waals surface area contributed by atoms with E-state index in [4.69, 9.17) is 5.84 Å². The molecule has 2 aromatic carbocycles. The lowest BCUT2D eigenvalue weighted by Gasteiger charge is -2.35. The maximum absolute atomic E-state index is 12.9. The number of benzene rings is 2. The lowest BCUT2D eigenvalue weighted by atomic mass is 10.1. The Morgan fingerprint density at radius 3 is 2.48 bits per heavy atom. The van der Waals surface area contributed by atoms with E-state index in [1.54, 1.807) is 12.1 Å². The number of rotatable bonds is 2. The van der Waals surface area contributed by atoms with Crippen molar-refractivity contribution >= 4 is 23.0 Å². The van der Waals surface area contributed by atoms with Gasteiger partial charge in [-0.25, -0.2) is 0 Å². The predicted molar refractivity (Wildman–Crippen MR) is 85.6 cm³/mol. The first-order valence-electron chi connectivity index (χ1n) is 6.90. The highest BCUT2D eigenvalue weighted by atomic mass is 16.2. The van der Waals surface area contributed by atoms with Crippen LogP contribution < -0.4 is 21.1 Å². The van der Waals surface area contributed by atoms with Crippen LogP contribution in [0, 0.1) is 0 Å². The zero-order chi connectivity index (χ0) is 14.8. The Hall–Kier alpha value is -2.53. The molecule has 0 saturated heterocycles. The average Bonchev–Trinajstić information content (AvgIpc) is 2.55. The van der Waals surface area contributed by atoms with Crippen molar-refractivity contribution in [1.82, 2.24) is 0 Å². The number of likely N-dealkylation sites (N-methyl/N-ethyl adjacent to an activating group) is 1. The first kappa shape index (κ1) is 13.5. The summed E-state index contributed by atoms with van der Waals surface area (Å²) in [5.74, 6) is 5.47. The monoisotopic (exact) mass is 282 g/mol. The van der Waals surface area contributed by atoms with Crippen LogP contribution in [0.15, 0.2) is 48.5 Å². The van der Waals surface area contributed by atoms with Crippen LogP contribution in [0.25, 0.3) is 0 Å². The number of carbonyl (C=O) groups is 1. The van der Waals surface area contributed by atoms with Gasteiger partial charge in [0.05, 0.1) is 22.6 Å². The Kier molecular flexibility index (Phi) is 3.50. The summed E-state index contributed by atoms with van der Waals surface area (Å²) in [6, 6.07) is 15.2. The minimum Gasteiger partial charge on any atom is -0.371 e. The van der Waals surface area contributed by atoms with Gasteiger partial charge in [0.2, 0.25) is 0 Å². The summed E-state index contributed by atoms with van der Waals surface area (Å²) in [6.07, 6.45) is 0. The van der Waals surface area contributed by atoms with Crippen LogP contribution in [-0.2, 0) is 0 Å². The van der Waals surface area contributed by atoms with Crippen molar-refractivity contribution in [3.8, 4) is 0 Å². The van der Waals surface area contributed by atoms with Crippen LogP contribution in [-0.4, -0.2) is 26.0 Å². The van der Waals surface area contributed by atoms with Gasteiger partial charge in [-0.3, -0.25) is 10.6 Å². The van der Waals surface area contributed by atoms with Crippen LogP contribution in [0.5, 0.6) is 0 Å². The average molecular weight is 282 g/mol. The molecular weight excluding hydrogens is 264 g/mol. The first-order valence-corrected chi connectivity index (χ1v) is 6.90. The smallest absolute Gasteiger partial charge is 0.260 e. The lowest BCUT2D eigenvalue weighted by Crippen LogP contribution is -2.42. The number of carbonyl (C=O) groups excluding carboxylic acids is 1. The molecule has 108 valence electrons. The number of anilines is 3. The number of para-hydroxylation sites is 3. The Balaban J connectivity index is 2.01. The minimum absolute atomic E-state index is 0.0379. The summed E-state index contributed by atoms with van der Waals surface area (Å²) in [4.78, 5) is 16.8. The Labute approximate surface area is 123 Å². The van der Waals surface area contributed by atoms with E-state index in [1.807, 2.05) is 48.3 Å². The topological polar surface area (TPSA) is 61.6 Å². The van der Waals surface area contributed by atoms with Crippen LogP contribution in [0.2, 0.25) is 0 Å². The number of hydrogen-bond donors (Lipinski definition) is 2. The van der Waals surface area contributed by atoms with Gasteiger partial charge in [-0.15, -0.1) is 0 Å². The number of amides is 1. The number of hydrazine groups is 1. The molecular formula is C16H18N4O. The highest BCUT2D eigenvalue weighted by Crippen LogP contribution is 2.33. The summed E-state index contributed by atoms with van der Waals surface area (Å²) < 4.78 is 0. The van der Waals surface area contributed by atoms with Crippen molar-refractivity contribution in [3.63, 3.8) is 0 Å². The maximum atomic E-state index is 12.9. The largest absolute Gasteiger partial charge is 0.371 e. The van der Waals surface area contributed by atoms with E-state index in [0.717, 1.165) is 17.9 Å². The van der Waals surface area contributed by atoms with Gasteiger partial charge in [0.25, 0.3) is 5.91 Å². The normalized spacial score (nSPS) is 13.8. The fraction of sp³-hybridized carbons (Fsp3) is 0.188. The van der Waals surface area contributed by atoms with Crippen molar-refractivity contribution < 1.29 is 4.79 Å². The third kappa shape index (κ3) is 2.32. The number of nitrogen functional groups attached to an aromatic ring is 1. The molecule has 0 spiro atoms. The zero-order valence-electron chi connectivity index (χ0n) is 11.9. The Morgan fingerprint density at radius 1 is 1.05 bits per heavy atom. The molecule has 0 radical (unpaired) electrons. The van der Waals surface area contributed by atoms with Crippen molar-refractivity contribution in [2.75, 3.05) is 35.4 Å². The predicted octanol–water partition coefficient (Wildman–Crippen LogP) is 2.07. The number of nitrogens with one attached hydrogen (secondary N) is 1. The van der Waals surface area contributed by atoms with Gasteiger partial charge >= 0.3 is 0 Å². The molecule has 0 atom stereocenters. The van der Waals surface area contributed by atoms with Gasteiger partial charge in [-0.05, 0) is 24.3 Å². The molecule has 1 heterocycles. The summed E-state index contributed by atoms with van der Waals surface area (Å²) in [7, 11) is 2.04. The van der Waals surface area contributed by atoms with Gasteiger partial charge in [0.15, 0.2) is 0 Å². The summed E-state index contributed by atoms with van der Waals surface area (Å²) in [6.45, 7) is 1.46. The van der Waals surface area contributed by atoms with Gasteiger partial charge < -0.3 is 15.2 Å². The lowest BCUT2D eigenvalue weighted by molar-refractivity contribution is 0.0987. The van der Waals surface area contributed by atoms with E-state index >= 15 is 0 Å². The third-order valence-electron chi connectivity index (χ3n) is 3.80. The van der Waals surface area contributed by atoms with Crippen molar-refractivity contribution in [2.24, 2.45) is 5.84 Å². The molecule has 5 heteroatoms. The van der Waals surface area contributed by atoms with Crippen LogP contribution >= 0.6 is 0 Å². The van der Waals surface area contributed by atoms with Crippen LogP contribution in [0.3, 0.4) is 0 Å². The Morgan fingerprint density at radius 2 is 1.71 bits per heavy atom. The van der Waals surface area contributed by atoms with Gasteiger partial charge in [-0.2, -0.15) is 0 Å². The molecule has 1 amide bonds. The number of nitrogens with zero attached hydrogens (tertiary/aromatic N) is 2. The van der Waals surface area contributed by atoms with E-state index in [2.05, 4.69) is 10.3 Å². The second-order valence-electron chi connectivity index (χ2n) is 5.06. The van der Waals surface area contributed by atoms with E-state index < -0.39 is 0 Å². The van der Waals surface area contributed by atoms with E-state index in [1.165, 1.54) is 0 Å². The van der Waals surface area contributed by atoms with Gasteiger partial charge in [-0.1, -0.05) is 24.3 Å². The highest BCUT2D eigenvalue weighted by Gasteiger charge is 2.26. The summed E-state index contributed by atoms with van der Waals surface area (Å²) in [5.41, 5.74) is 5.81. The minimum atomic E-state index is -0.0379. The van der Waals surface area contributed by atoms with Gasteiger partial charge in [0.1, 0.15) is 0 Å². The van der Waals surface area contributed by atoms with E-state index in [-0.39, 0.29) is 5.91 Å². The fourth-order valence-corrected chi connectivity index (χ4v) is 2.66. The zero-order valence-corrected chi connectivity index (χ0v) is 11.9. The van der Waals surface area contributed by atoms with Crippen LogP contribution in [0.1, 0.15) is 10.4 Å². The van der Waals surface area contributed by atoms with Crippen molar-refractivity contribution in [2.45, 2.75) is 0 Å². The molecule has 0 unspecified atom stereocenters. The van der Waals surface area contributed by atoms with Crippen LogP contribution in [0.4, 0.5) is 17.1 Å². The second kappa shape index (κ2) is 5.46. The third-order valence-corrected chi connectivity index (χ3v) is 3.80. The highest BCUT2D eigenvalue weighted by molar-refractivity contribution is 6.11.